The Hall–Kier alpha value is -3.21. The Labute approximate surface area is 206 Å². The number of anilines is 2. The van der Waals surface area contributed by atoms with Crippen molar-refractivity contribution in [3.8, 4) is 11.1 Å². The molecule has 0 unspecified atom stereocenters. The van der Waals surface area contributed by atoms with E-state index in [2.05, 4.69) is 5.32 Å². The second-order valence-electron chi connectivity index (χ2n) is 8.19. The van der Waals surface area contributed by atoms with Gasteiger partial charge in [0.25, 0.3) is 10.0 Å². The molecule has 1 aliphatic rings. The summed E-state index contributed by atoms with van der Waals surface area (Å²) in [6, 6.07) is 18.0. The van der Waals surface area contributed by atoms with Gasteiger partial charge in [0.05, 0.1) is 15.5 Å². The summed E-state index contributed by atoms with van der Waals surface area (Å²) < 4.78 is 54.6. The number of aryl methyl sites for hydroxylation is 1. The summed E-state index contributed by atoms with van der Waals surface area (Å²) in [6.07, 6.45) is 0. The highest BCUT2D eigenvalue weighted by molar-refractivity contribution is 7.93. The summed E-state index contributed by atoms with van der Waals surface area (Å²) in [5.41, 5.74) is 3.13. The number of hydrogen-bond acceptors (Lipinski definition) is 5. The largest absolute Gasteiger partial charge is 0.325 e. The highest BCUT2D eigenvalue weighted by atomic mass is 32.2. The van der Waals surface area contributed by atoms with Gasteiger partial charge in [0.1, 0.15) is 6.54 Å². The first kappa shape index (κ1) is 24.9. The van der Waals surface area contributed by atoms with Crippen molar-refractivity contribution in [3.05, 3.63) is 72.3 Å². The minimum absolute atomic E-state index is 0.124. The van der Waals surface area contributed by atoms with E-state index in [0.29, 0.717) is 30.0 Å². The number of fused-ring (bicyclic) bond motifs is 3. The van der Waals surface area contributed by atoms with Gasteiger partial charge in [-0.15, -0.1) is 0 Å². The average molecular weight is 514 g/mol. The van der Waals surface area contributed by atoms with Crippen molar-refractivity contribution in [1.82, 2.24) is 4.31 Å². The van der Waals surface area contributed by atoms with Crippen molar-refractivity contribution in [1.29, 1.82) is 0 Å². The van der Waals surface area contributed by atoms with E-state index in [1.807, 2.05) is 19.1 Å². The maximum Gasteiger partial charge on any atom is 0.265 e. The zero-order valence-corrected chi connectivity index (χ0v) is 21.4. The molecular weight excluding hydrogens is 486 g/mol. The lowest BCUT2D eigenvalue weighted by Gasteiger charge is -2.31. The van der Waals surface area contributed by atoms with Crippen LogP contribution in [0.5, 0.6) is 0 Å². The molecule has 0 atom stereocenters. The molecule has 0 saturated carbocycles. The monoisotopic (exact) mass is 513 g/mol. The van der Waals surface area contributed by atoms with Gasteiger partial charge in [-0.25, -0.2) is 16.8 Å². The maximum atomic E-state index is 13.4. The molecule has 35 heavy (non-hydrogen) atoms. The van der Waals surface area contributed by atoms with E-state index in [1.54, 1.807) is 38.1 Å². The summed E-state index contributed by atoms with van der Waals surface area (Å²) in [7, 11) is -7.57. The number of amides is 1. The van der Waals surface area contributed by atoms with Crippen LogP contribution in [0.4, 0.5) is 11.4 Å². The SMILES string of the molecule is CCN(CC)S(=O)(=O)c1ccc(NC(=O)CN2c3ccc(C)cc3-c3ccccc3S2(=O)=O)cc1. The topological polar surface area (TPSA) is 104 Å². The summed E-state index contributed by atoms with van der Waals surface area (Å²) in [5.74, 6) is -0.543. The highest BCUT2D eigenvalue weighted by Crippen LogP contribution is 2.43. The van der Waals surface area contributed by atoms with Gasteiger partial charge in [-0.1, -0.05) is 43.7 Å². The van der Waals surface area contributed by atoms with E-state index < -0.39 is 32.5 Å². The third-order valence-corrected chi connectivity index (χ3v) is 9.82. The second kappa shape index (κ2) is 9.44. The molecule has 0 aliphatic carbocycles. The van der Waals surface area contributed by atoms with Crippen LogP contribution in [0, 0.1) is 6.92 Å². The molecule has 0 fully saturated rings. The summed E-state index contributed by atoms with van der Waals surface area (Å²) in [5, 5.41) is 2.68. The van der Waals surface area contributed by atoms with E-state index in [0.717, 1.165) is 15.4 Å². The predicted molar refractivity (Wildman–Crippen MR) is 136 cm³/mol. The molecule has 0 spiro atoms. The van der Waals surface area contributed by atoms with Crippen LogP contribution < -0.4 is 9.62 Å². The number of benzene rings is 3. The molecule has 1 N–H and O–H groups in total. The molecule has 1 amide bonds. The number of carbonyl (C=O) groups excluding carboxylic acids is 1. The first-order valence-electron chi connectivity index (χ1n) is 11.2. The number of rotatable bonds is 7. The van der Waals surface area contributed by atoms with Gasteiger partial charge in [-0.2, -0.15) is 4.31 Å². The van der Waals surface area contributed by atoms with Gasteiger partial charge in [-0.05, 0) is 49.4 Å². The third-order valence-electron chi connectivity index (χ3n) is 5.93. The van der Waals surface area contributed by atoms with E-state index >= 15 is 0 Å². The zero-order valence-electron chi connectivity index (χ0n) is 19.7. The molecule has 4 rings (SSSR count). The molecule has 1 heterocycles. The zero-order chi connectivity index (χ0) is 25.4. The summed E-state index contributed by atoms with van der Waals surface area (Å²) in [6.45, 7) is 5.74. The minimum atomic E-state index is -3.95. The number of carbonyl (C=O) groups is 1. The van der Waals surface area contributed by atoms with Gasteiger partial charge in [0.15, 0.2) is 0 Å². The van der Waals surface area contributed by atoms with Crippen molar-refractivity contribution < 1.29 is 21.6 Å². The molecule has 0 bridgehead atoms. The van der Waals surface area contributed by atoms with Crippen molar-refractivity contribution >= 4 is 37.3 Å². The lowest BCUT2D eigenvalue weighted by molar-refractivity contribution is -0.114. The van der Waals surface area contributed by atoms with Crippen molar-refractivity contribution in [2.24, 2.45) is 0 Å². The fourth-order valence-electron chi connectivity index (χ4n) is 4.17. The van der Waals surface area contributed by atoms with Crippen LogP contribution >= 0.6 is 0 Å². The molecule has 0 radical (unpaired) electrons. The van der Waals surface area contributed by atoms with E-state index in [9.17, 15) is 21.6 Å². The van der Waals surface area contributed by atoms with Crippen molar-refractivity contribution in [2.45, 2.75) is 30.6 Å². The molecule has 0 saturated heterocycles. The van der Waals surface area contributed by atoms with Crippen LogP contribution in [-0.2, 0) is 24.8 Å². The Morgan fingerprint density at radius 1 is 0.943 bits per heavy atom. The number of sulfonamides is 2. The number of nitrogens with one attached hydrogen (secondary N) is 1. The lowest BCUT2D eigenvalue weighted by atomic mass is 10.0. The van der Waals surface area contributed by atoms with E-state index in [1.165, 1.54) is 34.6 Å². The Balaban J connectivity index is 1.59. The molecule has 184 valence electrons. The second-order valence-corrected chi connectivity index (χ2v) is 12.0. The Morgan fingerprint density at radius 3 is 2.26 bits per heavy atom. The standard InChI is InChI=1S/C25H27N3O5S2/c1-4-27(5-2)34(30,31)20-13-11-19(12-14-20)26-25(29)17-28-23-15-10-18(3)16-22(23)21-8-6-7-9-24(21)35(28,32)33/h6-16H,4-5,17H2,1-3H3,(H,26,29). The molecule has 3 aromatic carbocycles. The Bertz CT molecular complexity index is 1480. The minimum Gasteiger partial charge on any atom is -0.325 e. The molecule has 3 aromatic rings. The predicted octanol–water partition coefficient (Wildman–Crippen LogP) is 3.84. The molecule has 1 aliphatic heterocycles. The smallest absolute Gasteiger partial charge is 0.265 e. The summed E-state index contributed by atoms with van der Waals surface area (Å²) in [4.78, 5) is 13.2. The van der Waals surface area contributed by atoms with Gasteiger partial charge >= 0.3 is 0 Å². The van der Waals surface area contributed by atoms with Crippen LogP contribution in [0.3, 0.4) is 0 Å². The van der Waals surface area contributed by atoms with Crippen LogP contribution in [0.1, 0.15) is 19.4 Å². The molecule has 8 nitrogen and oxygen atoms in total. The summed E-state index contributed by atoms with van der Waals surface area (Å²) >= 11 is 0. The fraction of sp³-hybridized carbons (Fsp3) is 0.240. The van der Waals surface area contributed by atoms with Gasteiger partial charge in [0.2, 0.25) is 15.9 Å². The van der Waals surface area contributed by atoms with Gasteiger partial charge in [0, 0.05) is 29.9 Å². The molecule has 10 heteroatoms. The Morgan fingerprint density at radius 2 is 1.60 bits per heavy atom. The lowest BCUT2D eigenvalue weighted by Crippen LogP contribution is -2.40. The van der Waals surface area contributed by atoms with E-state index in [4.69, 9.17) is 0 Å². The first-order valence-corrected chi connectivity index (χ1v) is 14.1. The average Bonchev–Trinajstić information content (AvgIpc) is 2.83. The van der Waals surface area contributed by atoms with Crippen LogP contribution in [0.25, 0.3) is 11.1 Å². The number of nitrogens with zero attached hydrogens (tertiary/aromatic N) is 2. The first-order chi connectivity index (χ1) is 16.6. The Kier molecular flexibility index (Phi) is 6.72. The maximum absolute atomic E-state index is 13.4. The third kappa shape index (κ3) is 4.56. The van der Waals surface area contributed by atoms with Gasteiger partial charge in [-0.3, -0.25) is 9.10 Å². The molecule has 0 aromatic heterocycles. The van der Waals surface area contributed by atoms with Crippen LogP contribution in [0.2, 0.25) is 0 Å². The highest BCUT2D eigenvalue weighted by Gasteiger charge is 2.35. The fourth-order valence-corrected chi connectivity index (χ4v) is 7.28. The van der Waals surface area contributed by atoms with Gasteiger partial charge < -0.3 is 5.32 Å². The van der Waals surface area contributed by atoms with Crippen LogP contribution in [0.15, 0.2) is 76.5 Å². The van der Waals surface area contributed by atoms with Crippen molar-refractivity contribution in [3.63, 3.8) is 0 Å². The number of hydrogen-bond donors (Lipinski definition) is 1. The molecular formula is C25H27N3O5S2. The quantitative estimate of drug-likeness (QED) is 0.517. The van der Waals surface area contributed by atoms with Crippen LogP contribution in [-0.4, -0.2) is 46.7 Å². The van der Waals surface area contributed by atoms with Crippen molar-refractivity contribution in [2.75, 3.05) is 29.3 Å². The normalized spacial score (nSPS) is 14.3. The van der Waals surface area contributed by atoms with E-state index in [-0.39, 0.29) is 9.79 Å².